The van der Waals surface area contributed by atoms with Gasteiger partial charge in [-0.3, -0.25) is 19.0 Å². The van der Waals surface area contributed by atoms with Gasteiger partial charge in [0.25, 0.3) is 17.4 Å². The minimum Gasteiger partial charge on any atom is -0.347 e. The van der Waals surface area contributed by atoms with Crippen LogP contribution in [0.25, 0.3) is 10.2 Å². The van der Waals surface area contributed by atoms with Crippen LogP contribution in [0.15, 0.2) is 69.2 Å². The van der Waals surface area contributed by atoms with Crippen LogP contribution in [0.2, 0.25) is 5.02 Å². The molecule has 8 nitrogen and oxygen atoms in total. The second-order valence-corrected chi connectivity index (χ2v) is 11.8. The molecule has 4 aromatic rings. The number of halogens is 2. The van der Waals surface area contributed by atoms with Gasteiger partial charge in [0, 0.05) is 31.2 Å². The van der Waals surface area contributed by atoms with E-state index in [1.54, 1.807) is 44.4 Å². The van der Waals surface area contributed by atoms with E-state index in [9.17, 15) is 14.4 Å². The molecule has 1 atom stereocenters. The van der Waals surface area contributed by atoms with Crippen molar-refractivity contribution in [2.45, 2.75) is 19.0 Å². The van der Waals surface area contributed by atoms with E-state index in [1.807, 2.05) is 30.3 Å². The lowest BCUT2D eigenvalue weighted by molar-refractivity contribution is -0.134. The second kappa shape index (κ2) is 12.2. The zero-order valence-electron chi connectivity index (χ0n) is 20.9. The molecule has 0 bridgehead atoms. The van der Waals surface area contributed by atoms with Gasteiger partial charge >= 0.3 is 0 Å². The van der Waals surface area contributed by atoms with Crippen molar-refractivity contribution in [3.63, 3.8) is 0 Å². The maximum absolute atomic E-state index is 13.9. The Morgan fingerprint density at radius 1 is 1.13 bits per heavy atom. The molecule has 198 valence electrons. The molecule has 2 aromatic heterocycles. The molecule has 2 amide bonds. The molecule has 0 aliphatic rings. The number of likely N-dealkylation sites (N-methyl/N-ethyl adjacent to an activating group) is 1. The first-order chi connectivity index (χ1) is 18.2. The molecule has 38 heavy (non-hydrogen) atoms. The number of benzene rings is 2. The summed E-state index contributed by atoms with van der Waals surface area (Å²) in [6, 6.07) is 16.5. The molecule has 0 saturated heterocycles. The van der Waals surface area contributed by atoms with Crippen LogP contribution in [-0.2, 0) is 11.3 Å². The largest absolute Gasteiger partial charge is 0.347 e. The first-order valence-corrected chi connectivity index (χ1v) is 13.9. The van der Waals surface area contributed by atoms with Crippen molar-refractivity contribution >= 4 is 60.9 Å². The van der Waals surface area contributed by atoms with Gasteiger partial charge in [-0.25, -0.2) is 4.98 Å². The van der Waals surface area contributed by atoms with Gasteiger partial charge in [0.05, 0.1) is 15.8 Å². The molecule has 2 N–H and O–H groups in total. The molecule has 1 unspecified atom stereocenters. The highest BCUT2D eigenvalue weighted by atomic mass is 79.9. The van der Waals surface area contributed by atoms with Crippen LogP contribution < -0.4 is 11.3 Å². The average Bonchev–Trinajstić information content (AvgIpc) is 3.29. The number of carbonyl (C=O) groups is 2. The monoisotopic (exact) mass is 615 g/mol. The molecule has 0 aliphatic carbocycles. The minimum atomic E-state index is -1.17. The van der Waals surface area contributed by atoms with Crippen LogP contribution in [-0.4, -0.2) is 58.4 Å². The highest BCUT2D eigenvalue weighted by Gasteiger charge is 2.37. The summed E-state index contributed by atoms with van der Waals surface area (Å²) >= 11 is 10.8. The number of aromatic nitrogens is 2. The number of hydrogen-bond donors (Lipinski definition) is 1. The van der Waals surface area contributed by atoms with Gasteiger partial charge in [-0.2, -0.15) is 0 Å². The van der Waals surface area contributed by atoms with Crippen molar-refractivity contribution in [3.05, 3.63) is 96.8 Å². The van der Waals surface area contributed by atoms with Crippen molar-refractivity contribution in [2.75, 3.05) is 27.2 Å². The standard InChI is InChI=1S/C27H27BrClN5O3S/c1-32(2)26(36)22(33(14-6-13-30)25(35)18-9-11-19(29)12-10-18)24-31-20-15-21(28)38-23(20)27(37)34(24)16-17-7-4-3-5-8-17/h3-5,7-12,15,22H,6,13-14,16,30H2,1-2H3. The summed E-state index contributed by atoms with van der Waals surface area (Å²) in [5.74, 6) is -0.580. The molecule has 11 heteroatoms. The third-order valence-corrected chi connectivity index (χ3v) is 7.87. The Morgan fingerprint density at radius 2 is 1.82 bits per heavy atom. The fraction of sp³-hybridized carbons (Fsp3) is 0.259. The Bertz CT molecular complexity index is 1510. The van der Waals surface area contributed by atoms with Crippen LogP contribution >= 0.6 is 38.9 Å². The summed E-state index contributed by atoms with van der Waals surface area (Å²) in [6.07, 6.45) is 0.450. The lowest BCUT2D eigenvalue weighted by atomic mass is 10.1. The Labute approximate surface area is 237 Å². The Morgan fingerprint density at radius 3 is 2.45 bits per heavy atom. The van der Waals surface area contributed by atoms with Crippen LogP contribution in [0.3, 0.4) is 0 Å². The maximum atomic E-state index is 13.9. The maximum Gasteiger partial charge on any atom is 0.271 e. The highest BCUT2D eigenvalue weighted by molar-refractivity contribution is 9.11. The molecule has 4 rings (SSSR count). The molecular weight excluding hydrogens is 590 g/mol. The van der Waals surface area contributed by atoms with Gasteiger partial charge < -0.3 is 15.5 Å². The van der Waals surface area contributed by atoms with Gasteiger partial charge in [-0.1, -0.05) is 41.9 Å². The zero-order valence-corrected chi connectivity index (χ0v) is 24.1. The van der Waals surface area contributed by atoms with E-state index < -0.39 is 6.04 Å². The van der Waals surface area contributed by atoms with Crippen LogP contribution in [0.4, 0.5) is 0 Å². The summed E-state index contributed by atoms with van der Waals surface area (Å²) in [5.41, 5.74) is 7.22. The van der Waals surface area contributed by atoms with E-state index in [0.29, 0.717) is 33.8 Å². The number of thiophene rings is 1. The third kappa shape index (κ3) is 5.99. The topological polar surface area (TPSA) is 102 Å². The second-order valence-electron chi connectivity index (χ2n) is 8.89. The number of rotatable bonds is 9. The number of fused-ring (bicyclic) bond motifs is 1. The normalized spacial score (nSPS) is 11.9. The van der Waals surface area contributed by atoms with Crippen LogP contribution in [0.5, 0.6) is 0 Å². The van der Waals surface area contributed by atoms with Crippen LogP contribution in [0.1, 0.15) is 34.2 Å². The van der Waals surface area contributed by atoms with Crippen molar-refractivity contribution in [3.8, 4) is 0 Å². The molecule has 0 saturated carbocycles. The zero-order chi connectivity index (χ0) is 27.4. The quantitative estimate of drug-likeness (QED) is 0.298. The lowest BCUT2D eigenvalue weighted by Gasteiger charge is -2.33. The lowest BCUT2D eigenvalue weighted by Crippen LogP contribution is -2.47. The SMILES string of the molecule is CN(C)C(=O)C(c1nc2cc(Br)sc2c(=O)n1Cc1ccccc1)N(CCCN)C(=O)c1ccc(Cl)cc1. The van der Waals surface area contributed by atoms with Crippen LogP contribution in [0, 0.1) is 0 Å². The predicted molar refractivity (Wildman–Crippen MR) is 155 cm³/mol. The Balaban J connectivity index is 1.96. The van der Waals surface area contributed by atoms with E-state index in [2.05, 4.69) is 15.9 Å². The summed E-state index contributed by atoms with van der Waals surface area (Å²) < 4.78 is 2.70. The molecule has 2 heterocycles. The molecule has 0 radical (unpaired) electrons. The average molecular weight is 617 g/mol. The van der Waals surface area contributed by atoms with E-state index >= 15 is 0 Å². The van der Waals surface area contributed by atoms with E-state index in [0.717, 1.165) is 9.35 Å². The van der Waals surface area contributed by atoms with Crippen molar-refractivity contribution in [1.82, 2.24) is 19.4 Å². The summed E-state index contributed by atoms with van der Waals surface area (Å²) in [4.78, 5) is 49.2. The minimum absolute atomic E-state index is 0.185. The first-order valence-electron chi connectivity index (χ1n) is 11.9. The fourth-order valence-electron chi connectivity index (χ4n) is 4.12. The number of hydrogen-bond acceptors (Lipinski definition) is 6. The van der Waals surface area contributed by atoms with E-state index in [4.69, 9.17) is 22.3 Å². The summed E-state index contributed by atoms with van der Waals surface area (Å²) in [5, 5.41) is 0.489. The van der Waals surface area contributed by atoms with Crippen molar-refractivity contribution in [2.24, 2.45) is 5.73 Å². The first kappa shape index (κ1) is 28.0. The number of nitrogens with zero attached hydrogens (tertiary/aromatic N) is 4. The molecule has 0 spiro atoms. The van der Waals surface area contributed by atoms with Gasteiger partial charge in [0.1, 0.15) is 10.5 Å². The Kier molecular flexibility index (Phi) is 8.99. The number of carbonyl (C=O) groups excluding carboxylic acids is 2. The number of amides is 2. The fourth-order valence-corrected chi connectivity index (χ4v) is 5.72. The van der Waals surface area contributed by atoms with E-state index in [1.165, 1.54) is 25.7 Å². The number of nitrogens with two attached hydrogens (primary N) is 1. The van der Waals surface area contributed by atoms with Gasteiger partial charge in [-0.05, 0) is 64.8 Å². The third-order valence-electron chi connectivity index (χ3n) is 6.00. The van der Waals surface area contributed by atoms with Crippen molar-refractivity contribution < 1.29 is 9.59 Å². The summed E-state index contributed by atoms with van der Waals surface area (Å²) in [6.45, 7) is 0.688. The van der Waals surface area contributed by atoms with Gasteiger partial charge in [0.15, 0.2) is 6.04 Å². The van der Waals surface area contributed by atoms with E-state index in [-0.39, 0.29) is 36.3 Å². The summed E-state index contributed by atoms with van der Waals surface area (Å²) in [7, 11) is 3.23. The highest BCUT2D eigenvalue weighted by Crippen LogP contribution is 2.30. The molecule has 0 fully saturated rings. The smallest absolute Gasteiger partial charge is 0.271 e. The van der Waals surface area contributed by atoms with Gasteiger partial charge in [-0.15, -0.1) is 11.3 Å². The van der Waals surface area contributed by atoms with Crippen molar-refractivity contribution in [1.29, 1.82) is 0 Å². The van der Waals surface area contributed by atoms with Gasteiger partial charge in [0.2, 0.25) is 0 Å². The molecule has 2 aromatic carbocycles. The molecule has 0 aliphatic heterocycles. The molecular formula is C27H27BrClN5O3S. The Hall–Kier alpha value is -3.05. The predicted octanol–water partition coefficient (Wildman–Crippen LogP) is 4.54.